The van der Waals surface area contributed by atoms with E-state index in [0.29, 0.717) is 17.7 Å². The van der Waals surface area contributed by atoms with E-state index in [0.717, 1.165) is 6.20 Å². The van der Waals surface area contributed by atoms with Gasteiger partial charge in [0.2, 0.25) is 5.88 Å². The molecule has 2 aromatic rings. The lowest BCUT2D eigenvalue weighted by molar-refractivity contribution is 0.111. The number of aromatic nitrogens is 3. The van der Waals surface area contributed by atoms with Gasteiger partial charge in [0.05, 0.1) is 30.9 Å². The Morgan fingerprint density at radius 1 is 1.33 bits per heavy atom. The van der Waals surface area contributed by atoms with Crippen molar-refractivity contribution in [1.82, 2.24) is 15.0 Å². The fraction of sp³-hybridized carbons (Fsp3) is 0.167. The van der Waals surface area contributed by atoms with Gasteiger partial charge in [-0.15, -0.1) is 0 Å². The number of carbonyl (C=O) groups is 1. The molecule has 0 aliphatic carbocycles. The Balaban J connectivity index is 2.57. The van der Waals surface area contributed by atoms with Crippen LogP contribution in [0.5, 0.6) is 5.88 Å². The normalized spacial score (nSPS) is 10.2. The molecule has 0 amide bonds. The first-order valence-corrected chi connectivity index (χ1v) is 5.14. The average Bonchev–Trinajstić information content (AvgIpc) is 2.39. The molecule has 0 aliphatic heterocycles. The zero-order chi connectivity index (χ0) is 13.1. The van der Waals surface area contributed by atoms with Crippen LogP contribution in [0, 0.1) is 12.7 Å². The number of hydrogen-bond acceptors (Lipinski definition) is 5. The summed E-state index contributed by atoms with van der Waals surface area (Å²) in [5.41, 5.74) is 1.27. The molecule has 18 heavy (non-hydrogen) atoms. The van der Waals surface area contributed by atoms with Crippen molar-refractivity contribution in [2.24, 2.45) is 0 Å². The summed E-state index contributed by atoms with van der Waals surface area (Å²) in [6.45, 7) is 1.65. The fourth-order valence-corrected chi connectivity index (χ4v) is 1.53. The predicted octanol–water partition coefficient (Wildman–Crippen LogP) is 1.81. The first-order valence-electron chi connectivity index (χ1n) is 5.14. The molecule has 6 heteroatoms. The number of aldehydes is 1. The molecule has 92 valence electrons. The number of nitrogens with zero attached hydrogens (tertiary/aromatic N) is 3. The first-order chi connectivity index (χ1) is 8.65. The first kappa shape index (κ1) is 12.1. The van der Waals surface area contributed by atoms with Crippen LogP contribution in [-0.2, 0) is 0 Å². The standard InChI is InChI=1S/C12H10FN3O2/c1-7-12(15-4-8(6-17)16-7)9-3-11(18-2)14-5-10(9)13/h3-6H,1-2H3. The van der Waals surface area contributed by atoms with E-state index in [2.05, 4.69) is 15.0 Å². The van der Waals surface area contributed by atoms with Gasteiger partial charge < -0.3 is 4.74 Å². The minimum atomic E-state index is -0.521. The van der Waals surface area contributed by atoms with E-state index in [9.17, 15) is 9.18 Å². The molecule has 0 saturated carbocycles. The molecule has 0 aliphatic rings. The second kappa shape index (κ2) is 4.87. The van der Waals surface area contributed by atoms with Gasteiger partial charge in [-0.2, -0.15) is 0 Å². The number of carbonyl (C=O) groups excluding carboxylic acids is 1. The van der Waals surface area contributed by atoms with Gasteiger partial charge in [-0.3, -0.25) is 9.78 Å². The fourth-order valence-electron chi connectivity index (χ4n) is 1.53. The summed E-state index contributed by atoms with van der Waals surface area (Å²) in [6.07, 6.45) is 2.94. The Bertz CT molecular complexity index is 602. The number of halogens is 1. The third-order valence-corrected chi connectivity index (χ3v) is 2.38. The van der Waals surface area contributed by atoms with Crippen LogP contribution in [0.3, 0.4) is 0 Å². The van der Waals surface area contributed by atoms with Gasteiger partial charge in [0.1, 0.15) is 5.69 Å². The molecule has 0 aromatic carbocycles. The van der Waals surface area contributed by atoms with E-state index < -0.39 is 5.82 Å². The van der Waals surface area contributed by atoms with Crippen molar-refractivity contribution in [3.8, 4) is 17.1 Å². The highest BCUT2D eigenvalue weighted by molar-refractivity contribution is 5.72. The van der Waals surface area contributed by atoms with Gasteiger partial charge >= 0.3 is 0 Å². The smallest absolute Gasteiger partial charge is 0.213 e. The summed E-state index contributed by atoms with van der Waals surface area (Å²) in [5.74, 6) is -0.237. The predicted molar refractivity (Wildman–Crippen MR) is 61.9 cm³/mol. The van der Waals surface area contributed by atoms with Crippen molar-refractivity contribution in [1.29, 1.82) is 0 Å². The second-order valence-corrected chi connectivity index (χ2v) is 3.55. The third kappa shape index (κ3) is 2.17. The van der Waals surface area contributed by atoms with Crippen molar-refractivity contribution in [2.75, 3.05) is 7.11 Å². The minimum absolute atomic E-state index is 0.206. The molecular formula is C12H10FN3O2. The SMILES string of the molecule is COc1cc(-c2ncc(C=O)nc2C)c(F)cn1. The van der Waals surface area contributed by atoms with Crippen LogP contribution in [-0.4, -0.2) is 28.3 Å². The van der Waals surface area contributed by atoms with Crippen LogP contribution < -0.4 is 4.74 Å². The summed E-state index contributed by atoms with van der Waals surface area (Å²) in [7, 11) is 1.44. The highest BCUT2D eigenvalue weighted by Crippen LogP contribution is 2.25. The number of pyridine rings is 1. The maximum Gasteiger partial charge on any atom is 0.213 e. The molecule has 0 spiro atoms. The summed E-state index contributed by atoms with van der Waals surface area (Å²) < 4.78 is 18.6. The molecule has 0 fully saturated rings. The molecule has 0 unspecified atom stereocenters. The van der Waals surface area contributed by atoms with Gasteiger partial charge in [0.15, 0.2) is 12.1 Å². The quantitative estimate of drug-likeness (QED) is 0.774. The molecule has 2 aromatic heterocycles. The molecule has 0 N–H and O–H groups in total. The topological polar surface area (TPSA) is 65.0 Å². The van der Waals surface area contributed by atoms with Crippen LogP contribution in [0.25, 0.3) is 11.3 Å². The summed E-state index contributed by atoms with van der Waals surface area (Å²) in [5, 5.41) is 0. The third-order valence-electron chi connectivity index (χ3n) is 2.38. The summed E-state index contributed by atoms with van der Waals surface area (Å²) in [6, 6.07) is 1.44. The Morgan fingerprint density at radius 3 is 2.72 bits per heavy atom. The maximum absolute atomic E-state index is 13.7. The summed E-state index contributed by atoms with van der Waals surface area (Å²) in [4.78, 5) is 22.4. The zero-order valence-corrected chi connectivity index (χ0v) is 9.85. The minimum Gasteiger partial charge on any atom is -0.481 e. The number of rotatable bonds is 3. The van der Waals surface area contributed by atoms with Crippen molar-refractivity contribution in [2.45, 2.75) is 6.92 Å². The Kier molecular flexibility index (Phi) is 3.27. The van der Waals surface area contributed by atoms with Crippen molar-refractivity contribution < 1.29 is 13.9 Å². The Labute approximate surface area is 103 Å². The van der Waals surface area contributed by atoms with E-state index in [-0.39, 0.29) is 17.1 Å². The highest BCUT2D eigenvalue weighted by atomic mass is 19.1. The molecule has 2 heterocycles. The van der Waals surface area contributed by atoms with Crippen molar-refractivity contribution in [3.05, 3.63) is 35.7 Å². The van der Waals surface area contributed by atoms with Gasteiger partial charge in [-0.05, 0) is 6.92 Å². The van der Waals surface area contributed by atoms with E-state index in [1.807, 2.05) is 0 Å². The van der Waals surface area contributed by atoms with E-state index in [1.165, 1.54) is 19.4 Å². The lowest BCUT2D eigenvalue weighted by Crippen LogP contribution is -1.99. The van der Waals surface area contributed by atoms with E-state index >= 15 is 0 Å². The number of aryl methyl sites for hydroxylation is 1. The number of methoxy groups -OCH3 is 1. The van der Waals surface area contributed by atoms with Crippen LogP contribution in [0.15, 0.2) is 18.5 Å². The van der Waals surface area contributed by atoms with E-state index in [1.54, 1.807) is 6.92 Å². The van der Waals surface area contributed by atoms with Gasteiger partial charge in [-0.1, -0.05) is 0 Å². The summed E-state index contributed by atoms with van der Waals surface area (Å²) >= 11 is 0. The highest BCUT2D eigenvalue weighted by Gasteiger charge is 2.13. The Morgan fingerprint density at radius 2 is 2.11 bits per heavy atom. The monoisotopic (exact) mass is 247 g/mol. The molecule has 0 atom stereocenters. The maximum atomic E-state index is 13.7. The zero-order valence-electron chi connectivity index (χ0n) is 9.85. The molecule has 5 nitrogen and oxygen atoms in total. The van der Waals surface area contributed by atoms with Gasteiger partial charge in [-0.25, -0.2) is 14.4 Å². The second-order valence-electron chi connectivity index (χ2n) is 3.55. The number of hydrogen-bond donors (Lipinski definition) is 0. The Hall–Kier alpha value is -2.37. The van der Waals surface area contributed by atoms with Gasteiger partial charge in [0, 0.05) is 11.6 Å². The molecule has 0 radical (unpaired) electrons. The average molecular weight is 247 g/mol. The molecular weight excluding hydrogens is 237 g/mol. The molecule has 0 saturated heterocycles. The van der Waals surface area contributed by atoms with Gasteiger partial charge in [0.25, 0.3) is 0 Å². The van der Waals surface area contributed by atoms with Crippen molar-refractivity contribution in [3.63, 3.8) is 0 Å². The molecule has 0 bridgehead atoms. The van der Waals surface area contributed by atoms with Crippen LogP contribution in [0.4, 0.5) is 4.39 Å². The molecule has 2 rings (SSSR count). The lowest BCUT2D eigenvalue weighted by atomic mass is 10.1. The largest absolute Gasteiger partial charge is 0.481 e. The van der Waals surface area contributed by atoms with Crippen LogP contribution >= 0.6 is 0 Å². The van der Waals surface area contributed by atoms with E-state index in [4.69, 9.17) is 4.74 Å². The number of ether oxygens (including phenoxy) is 1. The van der Waals surface area contributed by atoms with Crippen molar-refractivity contribution >= 4 is 6.29 Å². The lowest BCUT2D eigenvalue weighted by Gasteiger charge is -2.07. The van der Waals surface area contributed by atoms with Crippen LogP contribution in [0.1, 0.15) is 16.2 Å². The van der Waals surface area contributed by atoms with Crippen LogP contribution in [0.2, 0.25) is 0 Å².